The number of hydrogen-bond acceptors (Lipinski definition) is 4. The minimum Gasteiger partial charge on any atom is -0.351 e. The number of aliphatic imine (C=N–C) groups is 1. The highest BCUT2D eigenvalue weighted by Crippen LogP contribution is 2.18. The molecule has 0 aliphatic rings. The maximum Gasteiger partial charge on any atom is 0.251 e. The van der Waals surface area contributed by atoms with Gasteiger partial charge in [0.25, 0.3) is 5.91 Å². The Balaban J connectivity index is 1.68. The third-order valence-corrected chi connectivity index (χ3v) is 6.13. The Kier molecular flexibility index (Phi) is 9.12. The number of nitrogens with one attached hydrogen (secondary N) is 1. The molecule has 0 unspecified atom stereocenters. The molecule has 2 aromatic carbocycles. The van der Waals surface area contributed by atoms with Crippen LogP contribution in [0.2, 0.25) is 0 Å². The normalized spacial score (nSPS) is 10.9. The fourth-order valence-corrected chi connectivity index (χ4v) is 4.01. The Bertz CT molecular complexity index is 1210. The van der Waals surface area contributed by atoms with E-state index in [-0.39, 0.29) is 5.91 Å². The third kappa shape index (κ3) is 6.63. The van der Waals surface area contributed by atoms with Crippen molar-refractivity contribution in [3.63, 3.8) is 0 Å². The van der Waals surface area contributed by atoms with Crippen molar-refractivity contribution < 1.29 is 4.79 Å². The Hall–Kier alpha value is -3.76. The summed E-state index contributed by atoms with van der Waals surface area (Å²) in [6.45, 7) is 6.69. The molecule has 0 fully saturated rings. The molecule has 0 aliphatic heterocycles. The Morgan fingerprint density at radius 2 is 2.00 bits per heavy atom. The summed E-state index contributed by atoms with van der Waals surface area (Å²) in [6.07, 6.45) is 4.41. The van der Waals surface area contributed by atoms with Crippen LogP contribution in [0.1, 0.15) is 34.8 Å². The smallest absolute Gasteiger partial charge is 0.251 e. The van der Waals surface area contributed by atoms with Crippen LogP contribution in [-0.2, 0) is 0 Å². The fraction of sp³-hybridized carbons (Fsp3) is 0.222. The van der Waals surface area contributed by atoms with Gasteiger partial charge in [-0.1, -0.05) is 43.5 Å². The average molecular weight is 472 g/mol. The first-order valence-electron chi connectivity index (χ1n) is 11.0. The van der Waals surface area contributed by atoms with Crippen molar-refractivity contribution >= 4 is 23.5 Å². The first-order chi connectivity index (χ1) is 16.5. The summed E-state index contributed by atoms with van der Waals surface area (Å²) in [7, 11) is 3.74. The molecule has 174 valence electrons. The molecule has 3 rings (SSSR count). The molecule has 0 spiro atoms. The molecule has 0 saturated carbocycles. The van der Waals surface area contributed by atoms with Gasteiger partial charge < -0.3 is 10.2 Å². The summed E-state index contributed by atoms with van der Waals surface area (Å²) in [6, 6.07) is 17.1. The van der Waals surface area contributed by atoms with Crippen LogP contribution in [0.5, 0.6) is 0 Å². The number of rotatable bonds is 8. The van der Waals surface area contributed by atoms with Gasteiger partial charge in [-0.3, -0.25) is 9.79 Å². The lowest BCUT2D eigenvalue weighted by molar-refractivity contribution is 0.0956. The van der Waals surface area contributed by atoms with Crippen molar-refractivity contribution in [2.45, 2.75) is 13.3 Å². The number of amides is 1. The van der Waals surface area contributed by atoms with Gasteiger partial charge in [-0.15, -0.1) is 11.8 Å². The van der Waals surface area contributed by atoms with E-state index >= 15 is 0 Å². The summed E-state index contributed by atoms with van der Waals surface area (Å²) in [5.41, 5.74) is 3.02. The van der Waals surface area contributed by atoms with Gasteiger partial charge in [-0.05, 0) is 36.4 Å². The van der Waals surface area contributed by atoms with E-state index in [1.807, 2.05) is 66.7 Å². The van der Waals surface area contributed by atoms with Gasteiger partial charge >= 0.3 is 0 Å². The van der Waals surface area contributed by atoms with Crippen molar-refractivity contribution in [3.05, 3.63) is 95.3 Å². The number of carbonyl (C=O) groups is 1. The summed E-state index contributed by atoms with van der Waals surface area (Å²) >= 11 is 1.59. The van der Waals surface area contributed by atoms with Crippen LogP contribution in [0.4, 0.5) is 0 Å². The van der Waals surface area contributed by atoms with Crippen molar-refractivity contribution in [1.29, 1.82) is 0 Å². The number of thioether (sulfide) groups is 1. The van der Waals surface area contributed by atoms with Crippen molar-refractivity contribution in [2.75, 3.05) is 26.4 Å². The average Bonchev–Trinajstić information content (AvgIpc) is 3.41. The summed E-state index contributed by atoms with van der Waals surface area (Å²) in [5.74, 6) is 7.92. The monoisotopic (exact) mass is 471 g/mol. The van der Waals surface area contributed by atoms with Crippen molar-refractivity contribution in [1.82, 2.24) is 20.0 Å². The highest BCUT2D eigenvalue weighted by molar-refractivity contribution is 8.03. The van der Waals surface area contributed by atoms with Gasteiger partial charge in [0.15, 0.2) is 0 Å². The van der Waals surface area contributed by atoms with E-state index in [4.69, 9.17) is 0 Å². The van der Waals surface area contributed by atoms with Gasteiger partial charge in [0.05, 0.1) is 16.3 Å². The molecule has 3 aromatic rings. The topological polar surface area (TPSA) is 62.5 Å². The Morgan fingerprint density at radius 1 is 1.21 bits per heavy atom. The zero-order valence-electron chi connectivity index (χ0n) is 19.8. The van der Waals surface area contributed by atoms with Gasteiger partial charge in [0.1, 0.15) is 5.84 Å². The quantitative estimate of drug-likeness (QED) is 0.226. The van der Waals surface area contributed by atoms with E-state index in [0.29, 0.717) is 17.9 Å². The number of amidine groups is 1. The summed E-state index contributed by atoms with van der Waals surface area (Å²) in [4.78, 5) is 19.1. The molecule has 1 amide bonds. The van der Waals surface area contributed by atoms with Gasteiger partial charge in [-0.2, -0.15) is 5.10 Å². The second kappa shape index (κ2) is 12.5. The van der Waals surface area contributed by atoms with E-state index in [9.17, 15) is 4.79 Å². The molecule has 0 atom stereocenters. The van der Waals surface area contributed by atoms with Crippen LogP contribution in [-0.4, -0.2) is 52.8 Å². The Morgan fingerprint density at radius 3 is 2.68 bits per heavy atom. The molecule has 0 radical (unpaired) electrons. The SMILES string of the molecule is C=C(SCCNC(=O)c1ccc(-n2cccn2)c(C#Cc2ccccc2)c1)N(C)C(CC)=NC. The van der Waals surface area contributed by atoms with E-state index in [1.165, 1.54) is 0 Å². The Labute approximate surface area is 205 Å². The molecule has 7 heteroatoms. The van der Waals surface area contributed by atoms with Crippen LogP contribution in [0.3, 0.4) is 0 Å². The molecule has 0 bridgehead atoms. The van der Waals surface area contributed by atoms with E-state index in [1.54, 1.807) is 35.8 Å². The van der Waals surface area contributed by atoms with Gasteiger partial charge in [0, 0.05) is 56.3 Å². The molecule has 1 aromatic heterocycles. The number of benzene rings is 2. The van der Waals surface area contributed by atoms with Gasteiger partial charge in [0.2, 0.25) is 0 Å². The molecular weight excluding hydrogens is 442 g/mol. The largest absolute Gasteiger partial charge is 0.351 e. The van der Waals surface area contributed by atoms with E-state index < -0.39 is 0 Å². The molecule has 1 heterocycles. The zero-order valence-corrected chi connectivity index (χ0v) is 20.6. The standard InChI is InChI=1S/C27H29N5OS/c1-5-26(28-3)31(4)21(2)34-19-17-29-27(33)24-14-15-25(32-18-9-16-30-32)23(20-24)13-12-22-10-7-6-8-11-22/h6-11,14-16,18,20H,2,5,17,19H2,1,3-4H3,(H,29,33). The second-order valence-corrected chi connectivity index (χ2v) is 8.52. The second-order valence-electron chi connectivity index (χ2n) is 7.35. The van der Waals surface area contributed by atoms with Crippen LogP contribution < -0.4 is 5.32 Å². The first kappa shape index (κ1) is 24.9. The summed E-state index contributed by atoms with van der Waals surface area (Å²) < 4.78 is 1.75. The van der Waals surface area contributed by atoms with Crippen molar-refractivity contribution in [3.8, 4) is 17.5 Å². The number of carbonyl (C=O) groups excluding carboxylic acids is 1. The highest BCUT2D eigenvalue weighted by Gasteiger charge is 2.11. The third-order valence-electron chi connectivity index (χ3n) is 5.12. The molecule has 0 aliphatic carbocycles. The van der Waals surface area contributed by atoms with E-state index in [0.717, 1.165) is 34.1 Å². The van der Waals surface area contributed by atoms with Crippen molar-refractivity contribution in [2.24, 2.45) is 4.99 Å². The highest BCUT2D eigenvalue weighted by atomic mass is 32.2. The summed E-state index contributed by atoms with van der Waals surface area (Å²) in [5, 5.41) is 8.20. The fourth-order valence-electron chi connectivity index (χ4n) is 3.27. The molecule has 1 N–H and O–H groups in total. The van der Waals surface area contributed by atoms with Crippen LogP contribution in [0.15, 0.2) is 83.6 Å². The predicted molar refractivity (Wildman–Crippen MR) is 141 cm³/mol. The zero-order chi connectivity index (χ0) is 24.3. The maximum absolute atomic E-state index is 12.8. The minimum atomic E-state index is -0.140. The van der Waals surface area contributed by atoms with Crippen LogP contribution >= 0.6 is 11.8 Å². The number of aromatic nitrogens is 2. The predicted octanol–water partition coefficient (Wildman–Crippen LogP) is 4.58. The number of nitrogens with zero attached hydrogens (tertiary/aromatic N) is 4. The van der Waals surface area contributed by atoms with Gasteiger partial charge in [-0.25, -0.2) is 4.68 Å². The lowest BCUT2D eigenvalue weighted by Crippen LogP contribution is -2.27. The number of hydrogen-bond donors (Lipinski definition) is 1. The van der Waals surface area contributed by atoms with Crippen LogP contribution in [0.25, 0.3) is 5.69 Å². The minimum absolute atomic E-state index is 0.140. The molecule has 34 heavy (non-hydrogen) atoms. The first-order valence-corrected chi connectivity index (χ1v) is 12.0. The molecule has 0 saturated heterocycles. The lowest BCUT2D eigenvalue weighted by atomic mass is 10.1. The maximum atomic E-state index is 12.8. The van der Waals surface area contributed by atoms with Crippen LogP contribution in [0, 0.1) is 11.8 Å². The molecular formula is C27H29N5OS. The lowest BCUT2D eigenvalue weighted by Gasteiger charge is -2.22. The van der Waals surface area contributed by atoms with E-state index in [2.05, 4.69) is 40.8 Å². The molecule has 6 nitrogen and oxygen atoms in total.